The lowest BCUT2D eigenvalue weighted by molar-refractivity contribution is -0.197. The Morgan fingerprint density at radius 3 is 2.73 bits per heavy atom. The number of rotatable bonds is 8. The molecule has 2 aromatic heterocycles. The first-order valence-corrected chi connectivity index (χ1v) is 12.5. The molecule has 0 bridgehead atoms. The Kier molecular flexibility index (Phi) is 7.19. The number of fused-ring (bicyclic) bond motifs is 2. The number of anilines is 2. The van der Waals surface area contributed by atoms with E-state index in [4.69, 9.17) is 31.5 Å². The SMILES string of the molecule is CN(CCCNC(=O)Nc1ccc(Cl)cc1)C[C@H]1O[C@@H](n2cnc3c(N)ncnc32)C2OC(C)(C)O[C@@H]21. The van der Waals surface area contributed by atoms with Crippen molar-refractivity contribution < 1.29 is 19.0 Å². The number of halogens is 1. The Morgan fingerprint density at radius 1 is 1.19 bits per heavy atom. The summed E-state index contributed by atoms with van der Waals surface area (Å²) in [5.41, 5.74) is 7.76. The van der Waals surface area contributed by atoms with E-state index < -0.39 is 12.0 Å². The van der Waals surface area contributed by atoms with Gasteiger partial charge in [0.05, 0.1) is 6.33 Å². The second-order valence-corrected chi connectivity index (χ2v) is 10.2. The standard InChI is InChI=1S/C24H31ClN8O4/c1-24(2)36-18-16(11-32(3)10-4-9-27-23(34)31-15-7-5-14(25)6-8-15)35-22(19(18)37-24)33-13-30-17-20(26)28-12-29-21(17)33/h5-8,12-13,16,18-19,22H,4,9-11H2,1-3H3,(H2,26,28,29)(H2,27,31,34)/t16-,18-,19?,22-/m1/s1. The molecule has 198 valence electrons. The van der Waals surface area contributed by atoms with Gasteiger partial charge in [-0.05, 0) is 58.1 Å². The average Bonchev–Trinajstić information content (AvgIpc) is 3.50. The largest absolute Gasteiger partial charge is 0.382 e. The van der Waals surface area contributed by atoms with Gasteiger partial charge in [0.25, 0.3) is 0 Å². The number of carbonyl (C=O) groups excluding carboxylic acids is 1. The van der Waals surface area contributed by atoms with Gasteiger partial charge in [0, 0.05) is 23.8 Å². The van der Waals surface area contributed by atoms with Crippen molar-refractivity contribution >= 4 is 40.3 Å². The summed E-state index contributed by atoms with van der Waals surface area (Å²) >= 11 is 5.88. The predicted molar refractivity (Wildman–Crippen MR) is 138 cm³/mol. The van der Waals surface area contributed by atoms with Crippen LogP contribution in [0.2, 0.25) is 5.02 Å². The summed E-state index contributed by atoms with van der Waals surface area (Å²) in [6.07, 6.45) is 2.52. The maximum atomic E-state index is 12.1. The normalized spacial score (nSPS) is 24.5. The zero-order valence-electron chi connectivity index (χ0n) is 20.9. The van der Waals surface area contributed by atoms with E-state index in [1.807, 2.05) is 25.5 Å². The second kappa shape index (κ2) is 10.4. The van der Waals surface area contributed by atoms with E-state index in [0.29, 0.717) is 40.8 Å². The van der Waals surface area contributed by atoms with Crippen molar-refractivity contribution in [3.8, 4) is 0 Å². The van der Waals surface area contributed by atoms with Crippen LogP contribution in [0.1, 0.15) is 26.5 Å². The minimum absolute atomic E-state index is 0.237. The number of aromatic nitrogens is 4. The maximum absolute atomic E-state index is 12.1. The monoisotopic (exact) mass is 530 g/mol. The van der Waals surface area contributed by atoms with Gasteiger partial charge >= 0.3 is 6.03 Å². The van der Waals surface area contributed by atoms with Crippen molar-refractivity contribution in [2.45, 2.75) is 50.6 Å². The molecule has 1 aromatic carbocycles. The third-order valence-corrected chi connectivity index (χ3v) is 6.63. The zero-order chi connectivity index (χ0) is 26.2. The summed E-state index contributed by atoms with van der Waals surface area (Å²) in [5.74, 6) is -0.422. The van der Waals surface area contributed by atoms with Crippen LogP contribution in [0.15, 0.2) is 36.9 Å². The van der Waals surface area contributed by atoms with Gasteiger partial charge in [-0.2, -0.15) is 0 Å². The van der Waals surface area contributed by atoms with Crippen LogP contribution in [-0.2, 0) is 14.2 Å². The Bertz CT molecular complexity index is 1250. The van der Waals surface area contributed by atoms with Crippen LogP contribution in [-0.4, -0.2) is 81.2 Å². The van der Waals surface area contributed by atoms with Crippen molar-refractivity contribution in [1.29, 1.82) is 0 Å². The highest BCUT2D eigenvalue weighted by molar-refractivity contribution is 6.30. The minimum atomic E-state index is -0.736. The van der Waals surface area contributed by atoms with E-state index in [0.717, 1.165) is 13.0 Å². The van der Waals surface area contributed by atoms with Crippen molar-refractivity contribution in [1.82, 2.24) is 29.7 Å². The fourth-order valence-corrected chi connectivity index (χ4v) is 4.87. The molecule has 13 heteroatoms. The third-order valence-electron chi connectivity index (χ3n) is 6.38. The lowest BCUT2D eigenvalue weighted by Gasteiger charge is -2.27. The van der Waals surface area contributed by atoms with Crippen LogP contribution in [0.25, 0.3) is 11.2 Å². The van der Waals surface area contributed by atoms with Gasteiger partial charge in [-0.3, -0.25) is 4.57 Å². The fourth-order valence-electron chi connectivity index (χ4n) is 4.74. The van der Waals surface area contributed by atoms with E-state index in [1.165, 1.54) is 6.33 Å². The summed E-state index contributed by atoms with van der Waals surface area (Å²) in [6, 6.07) is 6.70. The lowest BCUT2D eigenvalue weighted by Crippen LogP contribution is -2.39. The number of hydrogen-bond acceptors (Lipinski definition) is 9. The number of likely N-dealkylation sites (N-methyl/N-ethyl adjacent to an activating group) is 1. The molecule has 1 unspecified atom stereocenters. The number of nitrogens with one attached hydrogen (secondary N) is 2. The highest BCUT2D eigenvalue weighted by Crippen LogP contribution is 2.44. The molecule has 37 heavy (non-hydrogen) atoms. The summed E-state index contributed by atoms with van der Waals surface area (Å²) in [5, 5.41) is 6.28. The molecule has 0 radical (unpaired) electrons. The van der Waals surface area contributed by atoms with Crippen LogP contribution in [0, 0.1) is 0 Å². The van der Waals surface area contributed by atoms with E-state index in [-0.39, 0.29) is 24.3 Å². The Labute approximate surface area is 219 Å². The fraction of sp³-hybridized carbons (Fsp3) is 0.500. The van der Waals surface area contributed by atoms with Crippen LogP contribution in [0.4, 0.5) is 16.3 Å². The molecule has 2 saturated heterocycles. The number of ether oxygens (including phenoxy) is 3. The predicted octanol–water partition coefficient (Wildman–Crippen LogP) is 2.62. The molecule has 2 aliphatic rings. The molecule has 0 aliphatic carbocycles. The quantitative estimate of drug-likeness (QED) is 0.374. The Balaban J connectivity index is 1.16. The van der Waals surface area contributed by atoms with Gasteiger partial charge in [-0.15, -0.1) is 0 Å². The molecular weight excluding hydrogens is 500 g/mol. The van der Waals surface area contributed by atoms with Crippen molar-refractivity contribution in [2.24, 2.45) is 0 Å². The van der Waals surface area contributed by atoms with Crippen molar-refractivity contribution in [2.75, 3.05) is 37.7 Å². The number of urea groups is 1. The third kappa shape index (κ3) is 5.63. The van der Waals surface area contributed by atoms with Gasteiger partial charge in [-0.1, -0.05) is 11.6 Å². The first-order chi connectivity index (χ1) is 17.7. The second-order valence-electron chi connectivity index (χ2n) is 9.72. The first kappa shape index (κ1) is 25.6. The summed E-state index contributed by atoms with van der Waals surface area (Å²) in [7, 11) is 2.01. The molecule has 5 rings (SSSR count). The summed E-state index contributed by atoms with van der Waals surface area (Å²) in [6.45, 7) is 5.70. The molecular formula is C24H31ClN8O4. The molecule has 4 heterocycles. The molecule has 3 aromatic rings. The van der Waals surface area contributed by atoms with Crippen molar-refractivity contribution in [3.63, 3.8) is 0 Å². The lowest BCUT2D eigenvalue weighted by atomic mass is 10.1. The van der Waals surface area contributed by atoms with E-state index in [9.17, 15) is 4.79 Å². The zero-order valence-corrected chi connectivity index (χ0v) is 21.7. The van der Waals surface area contributed by atoms with Crippen molar-refractivity contribution in [3.05, 3.63) is 41.9 Å². The molecule has 2 fully saturated rings. The molecule has 12 nitrogen and oxygen atoms in total. The molecule has 0 spiro atoms. The van der Waals surface area contributed by atoms with Gasteiger partial charge < -0.3 is 35.5 Å². The summed E-state index contributed by atoms with van der Waals surface area (Å²) in [4.78, 5) is 27.0. The highest BCUT2D eigenvalue weighted by Gasteiger charge is 2.56. The van der Waals surface area contributed by atoms with E-state index >= 15 is 0 Å². The Morgan fingerprint density at radius 2 is 1.95 bits per heavy atom. The number of nitrogen functional groups attached to an aromatic ring is 1. The number of carbonyl (C=O) groups is 1. The number of nitrogens with zero attached hydrogens (tertiary/aromatic N) is 5. The highest BCUT2D eigenvalue weighted by atomic mass is 35.5. The molecule has 2 aliphatic heterocycles. The van der Waals surface area contributed by atoms with Gasteiger partial charge in [-0.25, -0.2) is 19.7 Å². The van der Waals surface area contributed by atoms with Crippen LogP contribution in [0.3, 0.4) is 0 Å². The number of nitrogens with two attached hydrogens (primary N) is 1. The Hall–Kier alpha value is -3.03. The van der Waals surface area contributed by atoms with Crippen LogP contribution < -0.4 is 16.4 Å². The molecule has 0 saturated carbocycles. The van der Waals surface area contributed by atoms with Gasteiger partial charge in [0.15, 0.2) is 23.5 Å². The van der Waals surface area contributed by atoms with E-state index in [2.05, 4.69) is 30.5 Å². The van der Waals surface area contributed by atoms with E-state index in [1.54, 1.807) is 30.6 Å². The number of imidazole rings is 1. The summed E-state index contributed by atoms with van der Waals surface area (Å²) < 4.78 is 20.7. The average molecular weight is 531 g/mol. The van der Waals surface area contributed by atoms with Gasteiger partial charge in [0.2, 0.25) is 0 Å². The molecule has 2 amide bonds. The topological polar surface area (TPSA) is 142 Å². The number of hydrogen-bond donors (Lipinski definition) is 3. The van der Waals surface area contributed by atoms with Crippen LogP contribution in [0.5, 0.6) is 0 Å². The molecule has 4 N–H and O–H groups in total. The van der Waals surface area contributed by atoms with Crippen LogP contribution >= 0.6 is 11.6 Å². The number of benzene rings is 1. The molecule has 4 atom stereocenters. The maximum Gasteiger partial charge on any atom is 0.319 e. The smallest absolute Gasteiger partial charge is 0.319 e. The number of amides is 2. The van der Waals surface area contributed by atoms with Gasteiger partial charge in [0.1, 0.15) is 30.2 Å². The minimum Gasteiger partial charge on any atom is -0.382 e. The first-order valence-electron chi connectivity index (χ1n) is 12.1.